The summed E-state index contributed by atoms with van der Waals surface area (Å²) >= 11 is 0. The average molecular weight is 463 g/mol. The van der Waals surface area contributed by atoms with Gasteiger partial charge in [-0.3, -0.25) is 4.99 Å². The molecular weight excluding hydrogens is 433 g/mol. The van der Waals surface area contributed by atoms with Gasteiger partial charge in [-0.15, -0.1) is 24.0 Å². The summed E-state index contributed by atoms with van der Waals surface area (Å²) in [7, 11) is 0. The lowest BCUT2D eigenvalue weighted by Crippen LogP contribution is -2.40. The van der Waals surface area contributed by atoms with Crippen LogP contribution in [0.25, 0.3) is 0 Å². The largest absolute Gasteiger partial charge is 0.492 e. The normalized spacial score (nSPS) is 15.2. The topological polar surface area (TPSA) is 75.1 Å². The Balaban J connectivity index is 0.00000312. The van der Waals surface area contributed by atoms with Gasteiger partial charge in [-0.1, -0.05) is 18.2 Å². The lowest BCUT2D eigenvalue weighted by atomic mass is 10.3. The van der Waals surface area contributed by atoms with Crippen LogP contribution in [0.4, 0.5) is 0 Å². The molecule has 0 saturated heterocycles. The molecule has 0 bridgehead atoms. The molecule has 142 valence electrons. The molecule has 7 heteroatoms. The molecule has 25 heavy (non-hydrogen) atoms. The first kappa shape index (κ1) is 22.0. The van der Waals surface area contributed by atoms with Crippen molar-refractivity contribution >= 4 is 29.9 Å². The lowest BCUT2D eigenvalue weighted by molar-refractivity contribution is 0.0368. The first-order valence-corrected chi connectivity index (χ1v) is 8.73. The highest BCUT2D eigenvalue weighted by molar-refractivity contribution is 14.0. The van der Waals surface area contributed by atoms with Crippen molar-refractivity contribution < 1.29 is 14.6 Å². The smallest absolute Gasteiger partial charge is 0.191 e. The van der Waals surface area contributed by atoms with Crippen molar-refractivity contribution in [2.75, 3.05) is 39.5 Å². The second kappa shape index (κ2) is 13.2. The number of aliphatic hydroxyl groups is 1. The summed E-state index contributed by atoms with van der Waals surface area (Å²) in [6.45, 7) is 5.37. The molecule has 6 nitrogen and oxygen atoms in total. The van der Waals surface area contributed by atoms with E-state index in [0.717, 1.165) is 18.9 Å². The van der Waals surface area contributed by atoms with E-state index < -0.39 is 6.10 Å². The second-order valence-electron chi connectivity index (χ2n) is 5.94. The minimum absolute atomic E-state index is 0. The first-order chi connectivity index (χ1) is 11.8. The van der Waals surface area contributed by atoms with E-state index in [2.05, 4.69) is 15.6 Å². The number of rotatable bonds is 11. The van der Waals surface area contributed by atoms with Gasteiger partial charge in [-0.25, -0.2) is 0 Å². The Kier molecular flexibility index (Phi) is 11.6. The molecule has 3 N–H and O–H groups in total. The summed E-state index contributed by atoms with van der Waals surface area (Å²) in [5.41, 5.74) is 0. The number of benzene rings is 1. The van der Waals surface area contributed by atoms with Gasteiger partial charge in [0.25, 0.3) is 0 Å². The molecule has 0 aliphatic heterocycles. The standard InChI is InChI=1S/C18H29N3O3.HI/c1-2-19-18(20-10-11-24-17-6-4-3-5-7-17)21-12-16(22)14-23-13-15-8-9-15;/h3-7,15-16,22H,2,8-14H2,1H3,(H2,19,20,21);1H. The van der Waals surface area contributed by atoms with Gasteiger partial charge in [0.15, 0.2) is 5.96 Å². The van der Waals surface area contributed by atoms with E-state index in [9.17, 15) is 5.11 Å². The third-order valence-corrected chi connectivity index (χ3v) is 3.57. The molecule has 0 spiro atoms. The maximum Gasteiger partial charge on any atom is 0.191 e. The predicted molar refractivity (Wildman–Crippen MR) is 111 cm³/mol. The monoisotopic (exact) mass is 463 g/mol. The van der Waals surface area contributed by atoms with Crippen molar-refractivity contribution in [3.05, 3.63) is 30.3 Å². The number of aliphatic hydroxyl groups excluding tert-OH is 1. The summed E-state index contributed by atoms with van der Waals surface area (Å²) in [4.78, 5) is 4.38. The minimum atomic E-state index is -0.570. The van der Waals surface area contributed by atoms with Gasteiger partial charge >= 0.3 is 0 Å². The molecule has 1 atom stereocenters. The van der Waals surface area contributed by atoms with E-state index in [1.165, 1.54) is 12.8 Å². The first-order valence-electron chi connectivity index (χ1n) is 8.73. The molecule has 1 fully saturated rings. The van der Waals surface area contributed by atoms with Crippen LogP contribution in [-0.2, 0) is 4.74 Å². The highest BCUT2D eigenvalue weighted by Crippen LogP contribution is 2.28. The van der Waals surface area contributed by atoms with Crippen molar-refractivity contribution in [1.29, 1.82) is 0 Å². The zero-order chi connectivity index (χ0) is 17.0. The van der Waals surface area contributed by atoms with Crippen molar-refractivity contribution in [3.8, 4) is 5.75 Å². The van der Waals surface area contributed by atoms with E-state index in [-0.39, 0.29) is 24.0 Å². The summed E-state index contributed by atoms with van der Waals surface area (Å²) in [5.74, 6) is 2.24. The molecule has 1 aliphatic carbocycles. The van der Waals surface area contributed by atoms with Gasteiger partial charge in [0.05, 0.1) is 25.8 Å². The molecule has 2 rings (SSSR count). The van der Waals surface area contributed by atoms with E-state index in [0.29, 0.717) is 38.2 Å². The zero-order valence-corrected chi connectivity index (χ0v) is 17.1. The van der Waals surface area contributed by atoms with Crippen molar-refractivity contribution in [2.24, 2.45) is 10.9 Å². The SMILES string of the molecule is CCNC(=NCC(O)COCC1CC1)NCCOc1ccccc1.I. The van der Waals surface area contributed by atoms with Crippen LogP contribution in [0.15, 0.2) is 35.3 Å². The van der Waals surface area contributed by atoms with Crippen LogP contribution in [-0.4, -0.2) is 56.6 Å². The number of halogens is 1. The lowest BCUT2D eigenvalue weighted by Gasteiger charge is -2.13. The Morgan fingerprint density at radius 1 is 1.28 bits per heavy atom. The Morgan fingerprint density at radius 3 is 2.72 bits per heavy atom. The van der Waals surface area contributed by atoms with E-state index in [1.54, 1.807) is 0 Å². The van der Waals surface area contributed by atoms with Crippen LogP contribution in [0.2, 0.25) is 0 Å². The van der Waals surface area contributed by atoms with Gasteiger partial charge in [-0.05, 0) is 37.8 Å². The third-order valence-electron chi connectivity index (χ3n) is 3.57. The van der Waals surface area contributed by atoms with Crippen molar-refractivity contribution in [2.45, 2.75) is 25.9 Å². The molecule has 1 aromatic carbocycles. The van der Waals surface area contributed by atoms with Crippen LogP contribution in [0, 0.1) is 5.92 Å². The zero-order valence-electron chi connectivity index (χ0n) is 14.8. The second-order valence-corrected chi connectivity index (χ2v) is 5.94. The number of guanidine groups is 1. The van der Waals surface area contributed by atoms with Crippen molar-refractivity contribution in [3.63, 3.8) is 0 Å². The number of hydrogen-bond donors (Lipinski definition) is 3. The summed E-state index contributed by atoms with van der Waals surface area (Å²) in [6, 6.07) is 9.71. The van der Waals surface area contributed by atoms with Gasteiger partial charge in [-0.2, -0.15) is 0 Å². The van der Waals surface area contributed by atoms with Crippen molar-refractivity contribution in [1.82, 2.24) is 10.6 Å². The summed E-state index contributed by atoms with van der Waals surface area (Å²) < 4.78 is 11.1. The van der Waals surface area contributed by atoms with E-state index in [4.69, 9.17) is 9.47 Å². The molecule has 0 heterocycles. The van der Waals surface area contributed by atoms with E-state index >= 15 is 0 Å². The number of hydrogen-bond acceptors (Lipinski definition) is 4. The molecule has 0 amide bonds. The summed E-state index contributed by atoms with van der Waals surface area (Å²) in [6.07, 6.45) is 1.95. The molecule has 1 unspecified atom stereocenters. The number of nitrogens with zero attached hydrogens (tertiary/aromatic N) is 1. The number of para-hydroxylation sites is 1. The van der Waals surface area contributed by atoms with Gasteiger partial charge < -0.3 is 25.2 Å². The van der Waals surface area contributed by atoms with Gasteiger partial charge in [0, 0.05) is 13.2 Å². The van der Waals surface area contributed by atoms with Crippen LogP contribution in [0.5, 0.6) is 5.75 Å². The predicted octanol–water partition coefficient (Wildman–Crippen LogP) is 2.03. The van der Waals surface area contributed by atoms with Crippen LogP contribution < -0.4 is 15.4 Å². The number of ether oxygens (including phenoxy) is 2. The molecule has 1 saturated carbocycles. The van der Waals surface area contributed by atoms with Gasteiger partial charge in [0.2, 0.25) is 0 Å². The van der Waals surface area contributed by atoms with Crippen LogP contribution >= 0.6 is 24.0 Å². The highest BCUT2D eigenvalue weighted by Gasteiger charge is 2.21. The maximum absolute atomic E-state index is 9.91. The molecule has 0 aromatic heterocycles. The Labute approximate surface area is 167 Å². The maximum atomic E-state index is 9.91. The fourth-order valence-corrected chi connectivity index (χ4v) is 2.10. The Morgan fingerprint density at radius 2 is 2.04 bits per heavy atom. The molecule has 0 radical (unpaired) electrons. The molecule has 1 aliphatic rings. The quantitative estimate of drug-likeness (QED) is 0.203. The Bertz CT molecular complexity index is 484. The average Bonchev–Trinajstić information content (AvgIpc) is 3.41. The van der Waals surface area contributed by atoms with Crippen LogP contribution in [0.3, 0.4) is 0 Å². The van der Waals surface area contributed by atoms with Crippen LogP contribution in [0.1, 0.15) is 19.8 Å². The fraction of sp³-hybridized carbons (Fsp3) is 0.611. The molecule has 1 aromatic rings. The Hall–Kier alpha value is -1.06. The third kappa shape index (κ3) is 10.5. The molecular formula is C18H30IN3O3. The minimum Gasteiger partial charge on any atom is -0.492 e. The summed E-state index contributed by atoms with van der Waals surface area (Å²) in [5, 5.41) is 16.3. The number of aliphatic imine (C=N–C) groups is 1. The van der Waals surface area contributed by atoms with E-state index in [1.807, 2.05) is 37.3 Å². The number of nitrogens with one attached hydrogen (secondary N) is 2. The van der Waals surface area contributed by atoms with Gasteiger partial charge in [0.1, 0.15) is 12.4 Å². The highest BCUT2D eigenvalue weighted by atomic mass is 127. The fourth-order valence-electron chi connectivity index (χ4n) is 2.10.